The summed E-state index contributed by atoms with van der Waals surface area (Å²) in [5, 5.41) is 5.38. The van der Waals surface area contributed by atoms with Crippen molar-refractivity contribution in [3.05, 3.63) is 29.8 Å². The van der Waals surface area contributed by atoms with Crippen molar-refractivity contribution in [1.82, 2.24) is 10.6 Å². The van der Waals surface area contributed by atoms with Crippen molar-refractivity contribution < 1.29 is 14.3 Å². The van der Waals surface area contributed by atoms with E-state index in [1.807, 2.05) is 6.92 Å². The van der Waals surface area contributed by atoms with Crippen LogP contribution in [0.25, 0.3) is 0 Å². The molecule has 0 heterocycles. The monoisotopic (exact) mass is 264 g/mol. The molecule has 5 nitrogen and oxygen atoms in total. The van der Waals surface area contributed by atoms with Crippen LogP contribution in [0.15, 0.2) is 24.3 Å². The molecule has 0 spiro atoms. The Hall–Kier alpha value is -2.04. The fraction of sp³-hybridized carbons (Fsp3) is 0.429. The molecule has 1 unspecified atom stereocenters. The van der Waals surface area contributed by atoms with Crippen LogP contribution in [0.3, 0.4) is 0 Å². The predicted octanol–water partition coefficient (Wildman–Crippen LogP) is 1.34. The van der Waals surface area contributed by atoms with Crippen molar-refractivity contribution in [2.24, 2.45) is 0 Å². The number of hydrogen-bond acceptors (Lipinski definition) is 3. The highest BCUT2D eigenvalue weighted by atomic mass is 16.5. The molecule has 1 aromatic carbocycles. The highest BCUT2D eigenvalue weighted by Crippen LogP contribution is 2.12. The summed E-state index contributed by atoms with van der Waals surface area (Å²) < 4.78 is 5.05. The van der Waals surface area contributed by atoms with Gasteiger partial charge in [-0.05, 0) is 31.5 Å². The summed E-state index contributed by atoms with van der Waals surface area (Å²) in [4.78, 5) is 23.6. The number of carbonyl (C=O) groups excluding carboxylic acids is 2. The van der Waals surface area contributed by atoms with Crippen LogP contribution in [0, 0.1) is 0 Å². The summed E-state index contributed by atoms with van der Waals surface area (Å²) in [5.74, 6) is 0.131. The Balaban J connectivity index is 2.60. The van der Waals surface area contributed by atoms with Crippen LogP contribution in [0.5, 0.6) is 5.75 Å². The smallest absolute Gasteiger partial charge is 0.252 e. The molecule has 0 bridgehead atoms. The van der Waals surface area contributed by atoms with Crippen LogP contribution in [0.4, 0.5) is 0 Å². The standard InChI is InChI=1S/C14H20N2O3/c1-4-8-15-13(17)10(2)16-14(18)11-6-5-7-12(9-11)19-3/h5-7,9-10H,4,8H2,1-3H3,(H,15,17)(H,16,18). The van der Waals surface area contributed by atoms with Gasteiger partial charge in [0, 0.05) is 12.1 Å². The van der Waals surface area contributed by atoms with E-state index in [4.69, 9.17) is 4.74 Å². The van der Waals surface area contributed by atoms with Gasteiger partial charge in [0.15, 0.2) is 0 Å². The lowest BCUT2D eigenvalue weighted by Gasteiger charge is -2.14. The van der Waals surface area contributed by atoms with E-state index >= 15 is 0 Å². The summed E-state index contributed by atoms with van der Waals surface area (Å²) >= 11 is 0. The molecule has 0 saturated heterocycles. The number of ether oxygens (including phenoxy) is 1. The zero-order chi connectivity index (χ0) is 14.3. The molecule has 1 rings (SSSR count). The largest absolute Gasteiger partial charge is 0.497 e. The minimum absolute atomic E-state index is 0.182. The van der Waals surface area contributed by atoms with Crippen LogP contribution in [-0.2, 0) is 4.79 Å². The molecular formula is C14H20N2O3. The molecule has 1 atom stereocenters. The van der Waals surface area contributed by atoms with E-state index in [1.54, 1.807) is 31.2 Å². The number of rotatable bonds is 6. The summed E-state index contributed by atoms with van der Waals surface area (Å²) in [5.41, 5.74) is 0.467. The number of hydrogen-bond donors (Lipinski definition) is 2. The molecule has 5 heteroatoms. The van der Waals surface area contributed by atoms with Gasteiger partial charge in [0.25, 0.3) is 5.91 Å². The van der Waals surface area contributed by atoms with Crippen molar-refractivity contribution in [2.45, 2.75) is 26.3 Å². The van der Waals surface area contributed by atoms with E-state index < -0.39 is 6.04 Å². The van der Waals surface area contributed by atoms with Gasteiger partial charge in [-0.3, -0.25) is 9.59 Å². The minimum atomic E-state index is -0.565. The number of benzene rings is 1. The summed E-state index contributed by atoms with van der Waals surface area (Å²) in [6.45, 7) is 4.24. The van der Waals surface area contributed by atoms with Gasteiger partial charge >= 0.3 is 0 Å². The first-order valence-electron chi connectivity index (χ1n) is 6.31. The third kappa shape index (κ3) is 4.62. The fourth-order valence-corrected chi connectivity index (χ4v) is 1.51. The van der Waals surface area contributed by atoms with E-state index in [1.165, 1.54) is 7.11 Å². The van der Waals surface area contributed by atoms with Gasteiger partial charge in [0.2, 0.25) is 5.91 Å². The van der Waals surface area contributed by atoms with Gasteiger partial charge in [0.05, 0.1) is 7.11 Å². The SMILES string of the molecule is CCCNC(=O)C(C)NC(=O)c1cccc(OC)c1. The maximum absolute atomic E-state index is 12.0. The second kappa shape index (κ2) is 7.41. The zero-order valence-corrected chi connectivity index (χ0v) is 11.5. The molecule has 0 aromatic heterocycles. The van der Waals surface area contributed by atoms with E-state index in [2.05, 4.69) is 10.6 Å². The summed E-state index contributed by atoms with van der Waals surface area (Å²) in [7, 11) is 1.54. The second-order valence-corrected chi connectivity index (χ2v) is 4.22. The van der Waals surface area contributed by atoms with E-state index in [0.29, 0.717) is 17.9 Å². The third-order valence-corrected chi connectivity index (χ3v) is 2.62. The lowest BCUT2D eigenvalue weighted by atomic mass is 10.2. The van der Waals surface area contributed by atoms with Crippen molar-refractivity contribution >= 4 is 11.8 Å². The van der Waals surface area contributed by atoms with Crippen molar-refractivity contribution in [1.29, 1.82) is 0 Å². The Labute approximate surface area is 113 Å². The first-order chi connectivity index (χ1) is 9.08. The molecule has 1 aromatic rings. The highest BCUT2D eigenvalue weighted by molar-refractivity contribution is 5.97. The first kappa shape index (κ1) is 15.0. The summed E-state index contributed by atoms with van der Waals surface area (Å²) in [6, 6.07) is 6.23. The molecule has 104 valence electrons. The number of amides is 2. The fourth-order valence-electron chi connectivity index (χ4n) is 1.51. The molecular weight excluding hydrogens is 244 g/mol. The Kier molecular flexibility index (Phi) is 5.85. The van der Waals surface area contributed by atoms with Crippen molar-refractivity contribution in [3.63, 3.8) is 0 Å². The molecule has 2 amide bonds. The normalized spacial score (nSPS) is 11.5. The Morgan fingerprint density at radius 1 is 1.37 bits per heavy atom. The van der Waals surface area contributed by atoms with E-state index in [9.17, 15) is 9.59 Å². The molecule has 2 N–H and O–H groups in total. The summed E-state index contributed by atoms with van der Waals surface area (Å²) in [6.07, 6.45) is 0.863. The predicted molar refractivity (Wildman–Crippen MR) is 73.2 cm³/mol. The average molecular weight is 264 g/mol. The Bertz CT molecular complexity index is 446. The molecule has 0 aliphatic carbocycles. The lowest BCUT2D eigenvalue weighted by Crippen LogP contribution is -2.45. The van der Waals surface area contributed by atoms with Crippen molar-refractivity contribution in [3.8, 4) is 5.75 Å². The van der Waals surface area contributed by atoms with Crippen molar-refractivity contribution in [2.75, 3.05) is 13.7 Å². The van der Waals surface area contributed by atoms with E-state index in [0.717, 1.165) is 6.42 Å². The third-order valence-electron chi connectivity index (χ3n) is 2.62. The first-order valence-corrected chi connectivity index (χ1v) is 6.31. The maximum atomic E-state index is 12.0. The van der Waals surface area contributed by atoms with Crippen LogP contribution in [0.1, 0.15) is 30.6 Å². The minimum Gasteiger partial charge on any atom is -0.497 e. The molecule has 0 saturated carbocycles. The van der Waals surface area contributed by atoms with Crippen LogP contribution in [0.2, 0.25) is 0 Å². The lowest BCUT2D eigenvalue weighted by molar-refractivity contribution is -0.122. The quantitative estimate of drug-likeness (QED) is 0.814. The van der Waals surface area contributed by atoms with Crippen LogP contribution in [-0.4, -0.2) is 31.5 Å². The number of carbonyl (C=O) groups is 2. The van der Waals surface area contributed by atoms with Gasteiger partial charge < -0.3 is 15.4 Å². The highest BCUT2D eigenvalue weighted by Gasteiger charge is 2.16. The van der Waals surface area contributed by atoms with Gasteiger partial charge in [0.1, 0.15) is 11.8 Å². The zero-order valence-electron chi connectivity index (χ0n) is 11.5. The van der Waals surface area contributed by atoms with Crippen LogP contribution < -0.4 is 15.4 Å². The Morgan fingerprint density at radius 2 is 2.11 bits per heavy atom. The number of methoxy groups -OCH3 is 1. The number of nitrogens with one attached hydrogen (secondary N) is 2. The molecule has 0 radical (unpaired) electrons. The van der Waals surface area contributed by atoms with Gasteiger partial charge in [-0.15, -0.1) is 0 Å². The molecule has 0 aliphatic rings. The molecule has 0 aliphatic heterocycles. The van der Waals surface area contributed by atoms with Gasteiger partial charge in [-0.1, -0.05) is 13.0 Å². The maximum Gasteiger partial charge on any atom is 0.252 e. The topological polar surface area (TPSA) is 67.4 Å². The van der Waals surface area contributed by atoms with Crippen LogP contribution >= 0.6 is 0 Å². The molecule has 0 fully saturated rings. The van der Waals surface area contributed by atoms with Gasteiger partial charge in [-0.2, -0.15) is 0 Å². The van der Waals surface area contributed by atoms with E-state index in [-0.39, 0.29) is 11.8 Å². The average Bonchev–Trinajstić information content (AvgIpc) is 2.44. The Morgan fingerprint density at radius 3 is 2.74 bits per heavy atom. The second-order valence-electron chi connectivity index (χ2n) is 4.22. The molecule has 19 heavy (non-hydrogen) atoms. The van der Waals surface area contributed by atoms with Gasteiger partial charge in [-0.25, -0.2) is 0 Å².